The average molecular weight is 291 g/mol. The first-order valence-corrected chi connectivity index (χ1v) is 7.98. The van der Waals surface area contributed by atoms with Gasteiger partial charge in [0.15, 0.2) is 0 Å². The van der Waals surface area contributed by atoms with E-state index >= 15 is 0 Å². The molecular weight excluding hydrogens is 262 g/mol. The Morgan fingerprint density at radius 1 is 1.29 bits per heavy atom. The van der Waals surface area contributed by atoms with Crippen molar-refractivity contribution < 1.29 is 9.47 Å². The van der Waals surface area contributed by atoms with Crippen molar-refractivity contribution in [3.05, 3.63) is 24.3 Å². The molecule has 0 amide bonds. The minimum atomic E-state index is 0.489. The Kier molecular flexibility index (Phi) is 5.51. The van der Waals surface area contributed by atoms with Crippen molar-refractivity contribution in [2.45, 2.75) is 46.1 Å². The summed E-state index contributed by atoms with van der Waals surface area (Å²) in [5.41, 5.74) is 1.64. The van der Waals surface area contributed by atoms with Crippen LogP contribution in [0.15, 0.2) is 24.3 Å². The van der Waals surface area contributed by atoms with Gasteiger partial charge in [-0.15, -0.1) is 0 Å². The largest absolute Gasteiger partial charge is 0.491 e. The van der Waals surface area contributed by atoms with Gasteiger partial charge in [0.05, 0.1) is 6.61 Å². The Hall–Kier alpha value is -1.22. The summed E-state index contributed by atoms with van der Waals surface area (Å²) in [7, 11) is 1.69. The van der Waals surface area contributed by atoms with Gasteiger partial charge in [0, 0.05) is 24.9 Å². The summed E-state index contributed by atoms with van der Waals surface area (Å²) in [6, 6.07) is 8.81. The van der Waals surface area contributed by atoms with Crippen LogP contribution in [0.5, 0.6) is 5.75 Å². The maximum absolute atomic E-state index is 5.67. The van der Waals surface area contributed by atoms with Crippen molar-refractivity contribution >= 4 is 5.69 Å². The highest BCUT2D eigenvalue weighted by Crippen LogP contribution is 2.39. The molecule has 0 spiro atoms. The van der Waals surface area contributed by atoms with E-state index < -0.39 is 0 Å². The minimum absolute atomic E-state index is 0.489. The molecule has 118 valence electrons. The van der Waals surface area contributed by atoms with E-state index in [4.69, 9.17) is 9.47 Å². The predicted molar refractivity (Wildman–Crippen MR) is 88.0 cm³/mol. The third-order valence-electron chi connectivity index (χ3n) is 4.44. The molecular formula is C18H29NO2. The van der Waals surface area contributed by atoms with E-state index in [0.29, 0.717) is 30.6 Å². The molecule has 1 fully saturated rings. The second-order valence-corrected chi connectivity index (χ2v) is 7.00. The fraction of sp³-hybridized carbons (Fsp3) is 0.667. The molecule has 1 N–H and O–H groups in total. The smallest absolute Gasteiger partial charge is 0.121 e. The maximum Gasteiger partial charge on any atom is 0.121 e. The molecule has 1 aromatic rings. The molecule has 1 saturated carbocycles. The van der Waals surface area contributed by atoms with E-state index in [9.17, 15) is 0 Å². The summed E-state index contributed by atoms with van der Waals surface area (Å²) in [5, 5.41) is 3.69. The Morgan fingerprint density at radius 3 is 2.81 bits per heavy atom. The van der Waals surface area contributed by atoms with Crippen molar-refractivity contribution in [3.63, 3.8) is 0 Å². The highest BCUT2D eigenvalue weighted by atomic mass is 16.5. The quantitative estimate of drug-likeness (QED) is 0.791. The van der Waals surface area contributed by atoms with Crippen LogP contribution in [0.1, 0.15) is 40.0 Å². The second kappa shape index (κ2) is 7.17. The van der Waals surface area contributed by atoms with E-state index in [2.05, 4.69) is 38.2 Å². The molecule has 0 heterocycles. The van der Waals surface area contributed by atoms with Gasteiger partial charge in [0.25, 0.3) is 0 Å². The Balaban J connectivity index is 1.92. The lowest BCUT2D eigenvalue weighted by Crippen LogP contribution is -2.36. The fourth-order valence-corrected chi connectivity index (χ4v) is 3.29. The molecule has 2 atom stereocenters. The van der Waals surface area contributed by atoms with Gasteiger partial charge in [0.2, 0.25) is 0 Å². The molecule has 1 aliphatic carbocycles. The van der Waals surface area contributed by atoms with Crippen molar-refractivity contribution in [1.29, 1.82) is 0 Å². The minimum Gasteiger partial charge on any atom is -0.491 e. The lowest BCUT2D eigenvalue weighted by molar-refractivity contribution is 0.146. The van der Waals surface area contributed by atoms with Crippen LogP contribution in [0.3, 0.4) is 0 Å². The van der Waals surface area contributed by atoms with Crippen LogP contribution in [0.2, 0.25) is 0 Å². The zero-order valence-corrected chi connectivity index (χ0v) is 13.8. The van der Waals surface area contributed by atoms with E-state index in [0.717, 1.165) is 11.4 Å². The number of benzene rings is 1. The molecule has 0 saturated heterocycles. The third-order valence-corrected chi connectivity index (χ3v) is 4.44. The van der Waals surface area contributed by atoms with Crippen LogP contribution in [0.25, 0.3) is 0 Å². The first-order chi connectivity index (χ1) is 10.00. The molecule has 2 rings (SSSR count). The number of nitrogens with one attached hydrogen (secondary N) is 1. The number of ether oxygens (including phenoxy) is 2. The number of methoxy groups -OCH3 is 1. The third kappa shape index (κ3) is 4.92. The molecule has 21 heavy (non-hydrogen) atoms. The molecule has 2 unspecified atom stereocenters. The monoisotopic (exact) mass is 291 g/mol. The second-order valence-electron chi connectivity index (χ2n) is 7.00. The average Bonchev–Trinajstić information content (AvgIpc) is 2.42. The molecule has 0 aliphatic heterocycles. The standard InChI is InChI=1S/C18H29NO2/c1-14-13-18(2,3)9-8-17(14)19-15-6-5-7-16(12-15)21-11-10-20-4/h5-7,12,14,17,19H,8-11,13H2,1-4H3. The number of anilines is 1. The van der Waals surface area contributed by atoms with Crippen LogP contribution in [-0.2, 0) is 4.74 Å². The molecule has 0 bridgehead atoms. The van der Waals surface area contributed by atoms with Crippen molar-refractivity contribution in [2.75, 3.05) is 25.6 Å². The molecule has 1 aliphatic rings. The summed E-state index contributed by atoms with van der Waals surface area (Å²) in [4.78, 5) is 0. The van der Waals surface area contributed by atoms with Crippen LogP contribution < -0.4 is 10.1 Å². The Bertz CT molecular complexity index is 445. The van der Waals surface area contributed by atoms with E-state index in [1.54, 1.807) is 7.11 Å². The Labute approximate surface area is 129 Å². The van der Waals surface area contributed by atoms with Gasteiger partial charge in [-0.1, -0.05) is 26.8 Å². The zero-order chi connectivity index (χ0) is 15.3. The Morgan fingerprint density at radius 2 is 2.10 bits per heavy atom. The first-order valence-electron chi connectivity index (χ1n) is 7.98. The van der Waals surface area contributed by atoms with Gasteiger partial charge in [0.1, 0.15) is 12.4 Å². The van der Waals surface area contributed by atoms with Crippen molar-refractivity contribution in [1.82, 2.24) is 0 Å². The van der Waals surface area contributed by atoms with Gasteiger partial charge in [-0.3, -0.25) is 0 Å². The summed E-state index contributed by atoms with van der Waals surface area (Å²) >= 11 is 0. The molecule has 3 heteroatoms. The first kappa shape index (κ1) is 16.2. The SMILES string of the molecule is COCCOc1cccc(NC2CCC(C)(C)CC2C)c1. The van der Waals surface area contributed by atoms with Crippen molar-refractivity contribution in [3.8, 4) is 5.75 Å². The van der Waals surface area contributed by atoms with Crippen molar-refractivity contribution in [2.24, 2.45) is 11.3 Å². The van der Waals surface area contributed by atoms with E-state index in [-0.39, 0.29) is 0 Å². The predicted octanol–water partition coefficient (Wildman–Crippen LogP) is 4.34. The normalized spacial score (nSPS) is 24.6. The molecule has 0 radical (unpaired) electrons. The molecule has 3 nitrogen and oxygen atoms in total. The van der Waals surface area contributed by atoms with Gasteiger partial charge < -0.3 is 14.8 Å². The van der Waals surface area contributed by atoms with Crippen LogP contribution in [0, 0.1) is 11.3 Å². The summed E-state index contributed by atoms with van der Waals surface area (Å²) in [6.45, 7) is 8.33. The lowest BCUT2D eigenvalue weighted by atomic mass is 9.70. The number of hydrogen-bond donors (Lipinski definition) is 1. The van der Waals surface area contributed by atoms with Crippen LogP contribution in [0.4, 0.5) is 5.69 Å². The number of hydrogen-bond acceptors (Lipinski definition) is 3. The summed E-state index contributed by atoms with van der Waals surface area (Å²) in [5.74, 6) is 1.60. The summed E-state index contributed by atoms with van der Waals surface area (Å²) in [6.07, 6.45) is 3.82. The highest BCUT2D eigenvalue weighted by Gasteiger charge is 2.32. The topological polar surface area (TPSA) is 30.5 Å². The highest BCUT2D eigenvalue weighted by molar-refractivity contribution is 5.49. The van der Waals surface area contributed by atoms with Gasteiger partial charge in [-0.2, -0.15) is 0 Å². The van der Waals surface area contributed by atoms with Gasteiger partial charge in [-0.25, -0.2) is 0 Å². The van der Waals surface area contributed by atoms with Crippen LogP contribution >= 0.6 is 0 Å². The van der Waals surface area contributed by atoms with Gasteiger partial charge in [-0.05, 0) is 42.7 Å². The van der Waals surface area contributed by atoms with Gasteiger partial charge >= 0.3 is 0 Å². The van der Waals surface area contributed by atoms with E-state index in [1.165, 1.54) is 19.3 Å². The molecule has 1 aromatic carbocycles. The molecule has 0 aromatic heterocycles. The van der Waals surface area contributed by atoms with E-state index in [1.807, 2.05) is 12.1 Å². The lowest BCUT2D eigenvalue weighted by Gasteiger charge is -2.40. The number of rotatable bonds is 6. The summed E-state index contributed by atoms with van der Waals surface area (Å²) < 4.78 is 10.7. The van der Waals surface area contributed by atoms with Crippen LogP contribution in [-0.4, -0.2) is 26.4 Å². The maximum atomic E-state index is 5.67. The zero-order valence-electron chi connectivity index (χ0n) is 13.8. The fourth-order valence-electron chi connectivity index (χ4n) is 3.29.